The average Bonchev–Trinajstić information content (AvgIpc) is 4.01. The molecule has 0 spiro atoms. The maximum absolute atomic E-state index is 12.8. The normalized spacial score (nSPS) is 14.5. The SMILES string of the molecule is CN(C)CC=CC(=O)N1CCN(c2ccc(/C=C/C(=O)NCCOCCOCCNC(=O)Cn3ccc(-c4cc(Cl)c(Cl)c5[nH]c6c(c45)CN(C(=O)CO)CC6)n3)s2)C(=O)C1. The van der Waals surface area contributed by atoms with Crippen LogP contribution in [0.4, 0.5) is 5.00 Å². The average molecular weight is 899 g/mol. The summed E-state index contributed by atoms with van der Waals surface area (Å²) < 4.78 is 12.6. The molecule has 2 aliphatic rings. The van der Waals surface area contributed by atoms with E-state index < -0.39 is 6.61 Å². The van der Waals surface area contributed by atoms with E-state index in [2.05, 4.69) is 20.7 Å². The minimum Gasteiger partial charge on any atom is -0.387 e. The minimum absolute atomic E-state index is 0.0177. The van der Waals surface area contributed by atoms with Gasteiger partial charge in [0.15, 0.2) is 0 Å². The molecule has 1 fully saturated rings. The van der Waals surface area contributed by atoms with Gasteiger partial charge in [-0.3, -0.25) is 28.7 Å². The van der Waals surface area contributed by atoms with Crippen molar-refractivity contribution < 1.29 is 38.6 Å². The fourth-order valence-electron chi connectivity index (χ4n) is 6.84. The smallest absolute Gasteiger partial charge is 0.248 e. The number of benzene rings is 1. The lowest BCUT2D eigenvalue weighted by atomic mass is 9.99. The van der Waals surface area contributed by atoms with E-state index in [4.69, 9.17) is 32.7 Å². The quantitative estimate of drug-likeness (QED) is 0.0803. The number of hydrogen-bond acceptors (Lipinski definition) is 11. The van der Waals surface area contributed by atoms with Gasteiger partial charge in [-0.15, -0.1) is 11.3 Å². The van der Waals surface area contributed by atoms with E-state index in [1.54, 1.807) is 45.2 Å². The number of ether oxygens (including phenoxy) is 2. The van der Waals surface area contributed by atoms with Gasteiger partial charge in [0.2, 0.25) is 29.5 Å². The van der Waals surface area contributed by atoms with E-state index in [0.717, 1.165) is 26.5 Å². The second-order valence-electron chi connectivity index (χ2n) is 14.5. The van der Waals surface area contributed by atoms with Crippen molar-refractivity contribution in [1.82, 2.24) is 40.1 Å². The number of amides is 5. The first-order chi connectivity index (χ1) is 29.4. The number of fused-ring (bicyclic) bond motifs is 3. The molecule has 3 aromatic heterocycles. The number of carbonyl (C=O) groups is 5. The molecule has 0 saturated carbocycles. The molecule has 4 N–H and O–H groups in total. The summed E-state index contributed by atoms with van der Waals surface area (Å²) in [4.78, 5) is 73.4. The molecule has 5 amide bonds. The topological polar surface area (TPSA) is 195 Å². The highest BCUT2D eigenvalue weighted by atomic mass is 35.5. The van der Waals surface area contributed by atoms with Crippen molar-refractivity contribution in [2.45, 2.75) is 19.5 Å². The fourth-order valence-corrected chi connectivity index (χ4v) is 8.19. The van der Waals surface area contributed by atoms with E-state index in [-0.39, 0.29) is 55.8 Å². The Kier molecular flexibility index (Phi) is 16.1. The van der Waals surface area contributed by atoms with Crippen LogP contribution in [0.1, 0.15) is 16.1 Å². The van der Waals surface area contributed by atoms with E-state index in [0.29, 0.717) is 92.3 Å². The predicted octanol–water partition coefficient (Wildman–Crippen LogP) is 2.55. The number of likely N-dealkylation sites (N-methyl/N-ethyl adjacent to an activating group) is 1. The summed E-state index contributed by atoms with van der Waals surface area (Å²) in [6, 6.07) is 7.19. The molecule has 4 aromatic rings. The molecule has 2 aliphatic heterocycles. The second-order valence-corrected chi connectivity index (χ2v) is 16.4. The molecule has 1 aromatic carbocycles. The van der Waals surface area contributed by atoms with Crippen molar-refractivity contribution in [3.05, 3.63) is 74.9 Å². The van der Waals surface area contributed by atoms with Gasteiger partial charge in [0.25, 0.3) is 0 Å². The molecule has 61 heavy (non-hydrogen) atoms. The van der Waals surface area contributed by atoms with Crippen LogP contribution in [0.25, 0.3) is 28.2 Å². The van der Waals surface area contributed by atoms with Crippen LogP contribution in [0.3, 0.4) is 0 Å². The van der Waals surface area contributed by atoms with Crippen molar-refractivity contribution in [2.24, 2.45) is 0 Å². The Morgan fingerprint density at radius 2 is 1.75 bits per heavy atom. The van der Waals surface area contributed by atoms with Crippen LogP contribution in [0, 0.1) is 0 Å². The molecule has 0 atom stereocenters. The molecule has 6 rings (SSSR count). The van der Waals surface area contributed by atoms with Crippen LogP contribution >= 0.6 is 34.5 Å². The number of H-pyrrole nitrogens is 1. The molecule has 0 aliphatic carbocycles. The molecule has 17 nitrogen and oxygen atoms in total. The van der Waals surface area contributed by atoms with E-state index >= 15 is 0 Å². The number of nitrogens with zero attached hydrogens (tertiary/aromatic N) is 6. The lowest BCUT2D eigenvalue weighted by Gasteiger charge is -2.33. The molecular weight excluding hydrogens is 849 g/mol. The summed E-state index contributed by atoms with van der Waals surface area (Å²) in [5, 5.41) is 21.9. The zero-order valence-electron chi connectivity index (χ0n) is 34.0. The predicted molar refractivity (Wildman–Crippen MR) is 233 cm³/mol. The Balaban J connectivity index is 0.838. The number of aromatic nitrogens is 3. The molecule has 20 heteroatoms. The van der Waals surface area contributed by atoms with Gasteiger partial charge in [-0.05, 0) is 44.4 Å². The Hall–Kier alpha value is -5.08. The maximum Gasteiger partial charge on any atom is 0.248 e. The number of aliphatic hydroxyl groups excluding tert-OH is 1. The second kappa shape index (κ2) is 21.6. The van der Waals surface area contributed by atoms with Crippen LogP contribution in [-0.4, -0.2) is 157 Å². The summed E-state index contributed by atoms with van der Waals surface area (Å²) in [5.41, 5.74) is 3.77. The highest BCUT2D eigenvalue weighted by Gasteiger charge is 2.29. The highest BCUT2D eigenvalue weighted by molar-refractivity contribution is 7.17. The summed E-state index contributed by atoms with van der Waals surface area (Å²) in [5.74, 6) is -1.21. The van der Waals surface area contributed by atoms with Crippen LogP contribution in [-0.2, 0) is 53.0 Å². The Bertz CT molecular complexity index is 2290. The number of rotatable bonds is 19. The lowest BCUT2D eigenvalue weighted by Crippen LogP contribution is -2.51. The Morgan fingerprint density at radius 1 is 0.984 bits per heavy atom. The summed E-state index contributed by atoms with van der Waals surface area (Å²) >= 11 is 14.5. The van der Waals surface area contributed by atoms with Gasteiger partial charge in [0.1, 0.15) is 19.7 Å². The minimum atomic E-state index is -0.567. The van der Waals surface area contributed by atoms with E-state index in [1.165, 1.54) is 28.2 Å². The first-order valence-electron chi connectivity index (χ1n) is 19.7. The Labute approximate surface area is 366 Å². The number of thiophene rings is 1. The number of halogens is 2. The van der Waals surface area contributed by atoms with E-state index in [1.807, 2.05) is 31.1 Å². The highest BCUT2D eigenvalue weighted by Crippen LogP contribution is 2.42. The number of anilines is 1. The standard InChI is InChI=1S/C41H49Cl2N9O8S/c1-48(2)13-3-4-35(56)50-16-17-52(36(57)25-50)38-8-6-27(61-38)5-7-33(54)44-11-18-59-20-21-60-19-12-45-34(55)24-51-15-10-32(47-51)28-22-30(42)40(43)41-39(28)29-23-49(37(58)26-53)14-9-31(29)46-41/h3-8,10,15,22,46,53H,9,11-14,16-21,23-26H2,1-2H3,(H,44,54)(H,45,55)/b4-3?,7-5+. The summed E-state index contributed by atoms with van der Waals surface area (Å²) in [6.07, 6.45) is 8.67. The summed E-state index contributed by atoms with van der Waals surface area (Å²) in [6.45, 7) is 3.47. The molecule has 5 heterocycles. The number of nitrogens with one attached hydrogen (secondary N) is 3. The Morgan fingerprint density at radius 3 is 2.49 bits per heavy atom. The fraction of sp³-hybridized carbons (Fsp3) is 0.415. The zero-order chi connectivity index (χ0) is 43.5. The molecule has 0 bridgehead atoms. The first kappa shape index (κ1) is 45.4. The molecule has 326 valence electrons. The molecule has 0 unspecified atom stereocenters. The molecular formula is C41H49Cl2N9O8S. The maximum atomic E-state index is 12.8. The van der Waals surface area contributed by atoms with Crippen molar-refractivity contribution in [3.63, 3.8) is 0 Å². The van der Waals surface area contributed by atoms with Crippen LogP contribution in [0.15, 0.2) is 48.7 Å². The number of piperazine rings is 1. The van der Waals surface area contributed by atoms with Crippen molar-refractivity contribution in [1.29, 1.82) is 0 Å². The van der Waals surface area contributed by atoms with Gasteiger partial charge in [-0.2, -0.15) is 5.10 Å². The third kappa shape index (κ3) is 12.1. The van der Waals surface area contributed by atoms with Crippen LogP contribution in [0.2, 0.25) is 10.0 Å². The monoisotopic (exact) mass is 897 g/mol. The number of aliphatic hydroxyl groups is 1. The summed E-state index contributed by atoms with van der Waals surface area (Å²) in [7, 11) is 3.83. The number of aromatic amines is 1. The van der Waals surface area contributed by atoms with Crippen molar-refractivity contribution in [3.8, 4) is 11.3 Å². The van der Waals surface area contributed by atoms with Crippen molar-refractivity contribution >= 4 is 86.1 Å². The number of hydrogen-bond donors (Lipinski definition) is 4. The third-order valence-corrected chi connectivity index (χ3v) is 11.7. The first-order valence-corrected chi connectivity index (χ1v) is 21.3. The lowest BCUT2D eigenvalue weighted by molar-refractivity contribution is -0.135. The van der Waals surface area contributed by atoms with Crippen molar-refractivity contribution in [2.75, 3.05) is 97.8 Å². The largest absolute Gasteiger partial charge is 0.387 e. The van der Waals surface area contributed by atoms with Gasteiger partial charge >= 0.3 is 0 Å². The zero-order valence-corrected chi connectivity index (χ0v) is 36.3. The molecule has 1 saturated heterocycles. The number of carbonyl (C=O) groups excluding carboxylic acids is 5. The molecule has 0 radical (unpaired) electrons. The van der Waals surface area contributed by atoms with Gasteiger partial charge in [-0.1, -0.05) is 29.3 Å². The van der Waals surface area contributed by atoms with Gasteiger partial charge < -0.3 is 49.8 Å². The van der Waals surface area contributed by atoms with Crippen LogP contribution in [0.5, 0.6) is 0 Å². The third-order valence-electron chi connectivity index (χ3n) is 9.88. The van der Waals surface area contributed by atoms with Gasteiger partial charge in [0, 0.05) is 97.7 Å². The van der Waals surface area contributed by atoms with Gasteiger partial charge in [-0.25, -0.2) is 0 Å². The van der Waals surface area contributed by atoms with E-state index in [9.17, 15) is 29.1 Å². The van der Waals surface area contributed by atoms with Crippen LogP contribution < -0.4 is 15.5 Å². The van der Waals surface area contributed by atoms with Gasteiger partial charge in [0.05, 0.1) is 52.7 Å².